The number of hydrogen-bond acceptors (Lipinski definition) is 0. The zero-order chi connectivity index (χ0) is 43.2. The molecule has 65 heavy (non-hydrogen) atoms. The zero-order valence-corrected chi connectivity index (χ0v) is 35.9. The van der Waals surface area contributed by atoms with Gasteiger partial charge in [-0.2, -0.15) is 0 Å². The van der Waals surface area contributed by atoms with Crippen molar-refractivity contribution in [1.82, 2.24) is 18.3 Å². The summed E-state index contributed by atoms with van der Waals surface area (Å²) < 4.78 is 9.79. The number of nitrogens with zero attached hydrogens (tertiary/aromatic N) is 4. The second-order valence-corrected chi connectivity index (χ2v) is 17.0. The third kappa shape index (κ3) is 5.44. The van der Waals surface area contributed by atoms with Crippen LogP contribution in [0.25, 0.3) is 116 Å². The van der Waals surface area contributed by atoms with Crippen molar-refractivity contribution in [3.8, 4) is 33.9 Å². The fourth-order valence-electron chi connectivity index (χ4n) is 10.7. The fraction of sp³-hybridized carbons (Fsp3) is 0.0164. The van der Waals surface area contributed by atoms with Crippen LogP contribution in [-0.2, 0) is 0 Å². The Morgan fingerprint density at radius 3 is 1.08 bits per heavy atom. The first-order chi connectivity index (χ1) is 32.2. The Labute approximate surface area is 376 Å². The summed E-state index contributed by atoms with van der Waals surface area (Å²) in [6, 6.07) is 75.3. The van der Waals surface area contributed by atoms with Crippen molar-refractivity contribution in [2.24, 2.45) is 0 Å². The molecule has 0 unspecified atom stereocenters. The normalized spacial score (nSPS) is 12.1. The molecule has 4 heterocycles. The Morgan fingerprint density at radius 1 is 0.323 bits per heavy atom. The quantitative estimate of drug-likeness (QED) is 0.143. The standard InChI is InChI=1S/C61H42N4/c1-3-4-21-47-40(2)62(43-17-7-5-8-18-43)58-51(47)36-37-52-48-22-12-15-26-56(48)64(59(52)58)45-32-28-41(29-33-45)42-30-34-46(35-31-42)65-57-27-16-13-24-50(57)54-39-38-53-49-23-11-14-25-55(49)63(60(53)61(54)65)44-19-9-6-10-20-44/h3-39H,1H2,2H3/b21-4-. The number of aromatic nitrogens is 4. The van der Waals surface area contributed by atoms with Gasteiger partial charge in [0.15, 0.2) is 0 Å². The second-order valence-electron chi connectivity index (χ2n) is 17.0. The molecule has 0 N–H and O–H groups in total. The summed E-state index contributed by atoms with van der Waals surface area (Å²) in [7, 11) is 0. The minimum atomic E-state index is 1.12. The summed E-state index contributed by atoms with van der Waals surface area (Å²) >= 11 is 0. The van der Waals surface area contributed by atoms with Gasteiger partial charge in [-0.3, -0.25) is 0 Å². The molecule has 0 fully saturated rings. The van der Waals surface area contributed by atoms with Crippen molar-refractivity contribution in [2.45, 2.75) is 6.92 Å². The molecule has 9 aromatic carbocycles. The lowest BCUT2D eigenvalue weighted by molar-refractivity contribution is 1.05. The van der Waals surface area contributed by atoms with Gasteiger partial charge in [0.1, 0.15) is 0 Å². The van der Waals surface area contributed by atoms with E-state index >= 15 is 0 Å². The monoisotopic (exact) mass is 830 g/mol. The highest BCUT2D eigenvalue weighted by atomic mass is 15.1. The molecule has 0 saturated carbocycles. The average Bonchev–Trinajstić information content (AvgIpc) is 4.08. The van der Waals surface area contributed by atoms with E-state index in [4.69, 9.17) is 0 Å². The summed E-state index contributed by atoms with van der Waals surface area (Å²) in [5.74, 6) is 0. The van der Waals surface area contributed by atoms with Crippen molar-refractivity contribution >= 4 is 82.4 Å². The van der Waals surface area contributed by atoms with Gasteiger partial charge in [-0.05, 0) is 84.8 Å². The SMILES string of the molecule is C=C/C=C\c1c(C)n(-c2ccccc2)c2c1ccc1c3ccccc3n(-c3ccc(-c4ccc(-n5c6ccccc6c6ccc7c8ccccc8n(-c8ccccc8)c7c65)cc4)cc3)c12. The molecule has 0 atom stereocenters. The summed E-state index contributed by atoms with van der Waals surface area (Å²) in [5, 5.41) is 8.65. The third-order valence-electron chi connectivity index (χ3n) is 13.5. The zero-order valence-electron chi connectivity index (χ0n) is 35.9. The molecule has 4 heteroatoms. The van der Waals surface area contributed by atoms with Gasteiger partial charge in [-0.1, -0.05) is 164 Å². The highest BCUT2D eigenvalue weighted by molar-refractivity contribution is 6.24. The van der Waals surface area contributed by atoms with Crippen LogP contribution in [0.3, 0.4) is 0 Å². The fourth-order valence-corrected chi connectivity index (χ4v) is 10.7. The van der Waals surface area contributed by atoms with Crippen molar-refractivity contribution < 1.29 is 0 Å². The van der Waals surface area contributed by atoms with Gasteiger partial charge in [0, 0.05) is 71.7 Å². The Kier molecular flexibility index (Phi) is 8.24. The molecule has 13 aromatic rings. The van der Waals surface area contributed by atoms with Crippen LogP contribution in [0.15, 0.2) is 225 Å². The first-order valence-electron chi connectivity index (χ1n) is 22.3. The highest BCUT2D eigenvalue weighted by Crippen LogP contribution is 2.43. The van der Waals surface area contributed by atoms with E-state index in [2.05, 4.69) is 244 Å². The van der Waals surface area contributed by atoms with Crippen LogP contribution in [0.1, 0.15) is 11.3 Å². The van der Waals surface area contributed by atoms with Crippen LogP contribution < -0.4 is 0 Å². The van der Waals surface area contributed by atoms with E-state index in [1.54, 1.807) is 0 Å². The first-order valence-corrected chi connectivity index (χ1v) is 22.3. The molecular formula is C61H42N4. The Balaban J connectivity index is 0.971. The predicted molar refractivity (Wildman–Crippen MR) is 276 cm³/mol. The van der Waals surface area contributed by atoms with Gasteiger partial charge < -0.3 is 18.3 Å². The molecule has 0 radical (unpaired) electrons. The van der Waals surface area contributed by atoms with E-state index < -0.39 is 0 Å². The predicted octanol–water partition coefficient (Wildman–Crippen LogP) is 16.1. The molecule has 0 aliphatic carbocycles. The van der Waals surface area contributed by atoms with Gasteiger partial charge in [-0.25, -0.2) is 0 Å². The van der Waals surface area contributed by atoms with E-state index in [0.717, 1.165) is 22.7 Å². The molecule has 0 spiro atoms. The maximum atomic E-state index is 3.98. The molecule has 0 aliphatic rings. The number of rotatable bonds is 7. The maximum Gasteiger partial charge on any atom is 0.0788 e. The van der Waals surface area contributed by atoms with Crippen LogP contribution in [0, 0.1) is 6.92 Å². The van der Waals surface area contributed by atoms with E-state index in [1.165, 1.54) is 98.7 Å². The van der Waals surface area contributed by atoms with Gasteiger partial charge in [-0.15, -0.1) is 0 Å². The highest BCUT2D eigenvalue weighted by Gasteiger charge is 2.23. The molecule has 0 bridgehead atoms. The molecule has 0 amide bonds. The molecule has 13 rings (SSSR count). The molecular weight excluding hydrogens is 789 g/mol. The molecule has 4 nitrogen and oxygen atoms in total. The van der Waals surface area contributed by atoms with Crippen LogP contribution in [-0.4, -0.2) is 18.3 Å². The lowest BCUT2D eigenvalue weighted by atomic mass is 10.0. The topological polar surface area (TPSA) is 19.7 Å². The number of allylic oxidation sites excluding steroid dienone is 2. The molecule has 0 aliphatic heterocycles. The largest absolute Gasteiger partial charge is 0.311 e. The van der Waals surface area contributed by atoms with Crippen molar-refractivity contribution in [1.29, 1.82) is 0 Å². The number of fused-ring (bicyclic) bond motifs is 12. The van der Waals surface area contributed by atoms with Gasteiger partial charge >= 0.3 is 0 Å². The minimum absolute atomic E-state index is 1.12. The number of para-hydroxylation sites is 5. The Morgan fingerprint density at radius 2 is 0.662 bits per heavy atom. The van der Waals surface area contributed by atoms with E-state index in [9.17, 15) is 0 Å². The van der Waals surface area contributed by atoms with Crippen molar-refractivity contribution in [3.63, 3.8) is 0 Å². The Bertz CT molecular complexity index is 4040. The van der Waals surface area contributed by atoms with E-state index in [-0.39, 0.29) is 0 Å². The summed E-state index contributed by atoms with van der Waals surface area (Å²) in [6.45, 7) is 6.20. The smallest absolute Gasteiger partial charge is 0.0788 e. The summed E-state index contributed by atoms with van der Waals surface area (Å²) in [5.41, 5.74) is 17.6. The summed E-state index contributed by atoms with van der Waals surface area (Å²) in [6.07, 6.45) is 6.08. The maximum absolute atomic E-state index is 3.98. The van der Waals surface area contributed by atoms with Crippen molar-refractivity contribution in [2.75, 3.05) is 0 Å². The van der Waals surface area contributed by atoms with Crippen LogP contribution in [0.4, 0.5) is 0 Å². The van der Waals surface area contributed by atoms with Crippen LogP contribution in [0.5, 0.6) is 0 Å². The molecule has 306 valence electrons. The number of benzene rings is 9. The average molecular weight is 831 g/mol. The van der Waals surface area contributed by atoms with Gasteiger partial charge in [0.25, 0.3) is 0 Å². The molecule has 4 aromatic heterocycles. The van der Waals surface area contributed by atoms with E-state index in [0.29, 0.717) is 0 Å². The third-order valence-corrected chi connectivity index (χ3v) is 13.5. The Hall–Kier alpha value is -8.60. The van der Waals surface area contributed by atoms with Crippen LogP contribution in [0.2, 0.25) is 0 Å². The second kappa shape index (κ2) is 14.5. The van der Waals surface area contributed by atoms with E-state index in [1.807, 2.05) is 12.2 Å². The minimum Gasteiger partial charge on any atom is -0.311 e. The lowest BCUT2D eigenvalue weighted by Crippen LogP contribution is -2.00. The first kappa shape index (κ1) is 37.0. The van der Waals surface area contributed by atoms with Gasteiger partial charge in [0.2, 0.25) is 0 Å². The summed E-state index contributed by atoms with van der Waals surface area (Å²) in [4.78, 5) is 0. The lowest BCUT2D eigenvalue weighted by Gasteiger charge is -2.14. The molecule has 0 saturated heterocycles. The number of hydrogen-bond donors (Lipinski definition) is 0. The van der Waals surface area contributed by atoms with Gasteiger partial charge in [0.05, 0.1) is 38.6 Å². The van der Waals surface area contributed by atoms with Crippen molar-refractivity contribution in [3.05, 3.63) is 236 Å². The van der Waals surface area contributed by atoms with Crippen LogP contribution >= 0.6 is 0 Å².